The summed E-state index contributed by atoms with van der Waals surface area (Å²) in [4.78, 5) is 42.6. The van der Waals surface area contributed by atoms with Crippen molar-refractivity contribution in [3.63, 3.8) is 0 Å². The zero-order valence-electron chi connectivity index (χ0n) is 37.4. The Morgan fingerprint density at radius 2 is 0.611 bits per heavy atom. The molecule has 8 nitrogen and oxygen atoms in total. The number of Topliss-reactive ketones (excluding diaryl/α,β-unsaturated/α-hetero) is 4. The number of ketones is 4. The normalized spacial score (nSPS) is 13.6. The van der Waals surface area contributed by atoms with Crippen LogP contribution in [-0.2, 0) is 19.2 Å². The Hall–Kier alpha value is -1.48. The molecule has 0 rings (SSSR count). The van der Waals surface area contributed by atoms with Crippen molar-refractivity contribution >= 4 is 23.1 Å². The summed E-state index contributed by atoms with van der Waals surface area (Å²) in [6.45, 7) is 21.6. The quantitative estimate of drug-likeness (QED) is 0.0509. The van der Waals surface area contributed by atoms with Gasteiger partial charge < -0.3 is 20.4 Å². The molecule has 8 heteroatoms. The molecule has 0 aromatic carbocycles. The van der Waals surface area contributed by atoms with Gasteiger partial charge in [-0.2, -0.15) is 0 Å². The second-order valence-corrected chi connectivity index (χ2v) is 17.0. The zero-order valence-corrected chi connectivity index (χ0v) is 37.4. The smallest absolute Gasteiger partial charge is 0.132 e. The van der Waals surface area contributed by atoms with E-state index < -0.39 is 24.4 Å². The second kappa shape index (κ2) is 42.7. The van der Waals surface area contributed by atoms with Crippen molar-refractivity contribution in [1.82, 2.24) is 0 Å². The molecule has 0 spiro atoms. The summed E-state index contributed by atoms with van der Waals surface area (Å²) in [7, 11) is 0. The largest absolute Gasteiger partial charge is 0.393 e. The predicted molar refractivity (Wildman–Crippen MR) is 228 cm³/mol. The highest BCUT2D eigenvalue weighted by atomic mass is 16.3. The Morgan fingerprint density at radius 3 is 0.889 bits per heavy atom. The Labute approximate surface area is 334 Å². The lowest BCUT2D eigenvalue weighted by molar-refractivity contribution is -0.119. The standard InChI is InChI=1S/2C12H24O2.2C11H22O2/c1-10(2)7-5-4-6-8-12(14)9-11(3)13;1-4-10(2)7-5-6-8-12(14)9-11(3)13;1-9(2)6-4-5-7-11(13)8-10(3)12;1-3-4-5-6-7-8-11(13)9-10(2)12/h2*10,12,14H,4-9H2,1-3H3;9,11,13H,4-8H2,1-3H3;11,13H,3-9H2,1-2H3/t12-;10-,12+;2*11-/m1011/s1. The first-order chi connectivity index (χ1) is 25.3. The van der Waals surface area contributed by atoms with E-state index in [2.05, 4.69) is 48.5 Å². The molecular formula is C46H92O8. The molecule has 0 bridgehead atoms. The molecule has 0 aliphatic heterocycles. The number of hydrogen-bond donors (Lipinski definition) is 4. The van der Waals surface area contributed by atoms with Gasteiger partial charge in [0.05, 0.1) is 24.4 Å². The third-order valence-electron chi connectivity index (χ3n) is 9.30. The highest BCUT2D eigenvalue weighted by Crippen LogP contribution is 2.15. The molecule has 324 valence electrons. The topological polar surface area (TPSA) is 149 Å². The van der Waals surface area contributed by atoms with Crippen LogP contribution >= 0.6 is 0 Å². The van der Waals surface area contributed by atoms with Gasteiger partial charge in [-0.25, -0.2) is 0 Å². The number of carbonyl (C=O) groups is 4. The van der Waals surface area contributed by atoms with E-state index in [4.69, 9.17) is 0 Å². The van der Waals surface area contributed by atoms with Gasteiger partial charge in [0.1, 0.15) is 23.1 Å². The third-order valence-corrected chi connectivity index (χ3v) is 9.30. The molecule has 0 unspecified atom stereocenters. The first-order valence-corrected chi connectivity index (χ1v) is 22.0. The first-order valence-electron chi connectivity index (χ1n) is 22.0. The Bertz CT molecular complexity index is 856. The predicted octanol–water partition coefficient (Wildman–Crippen LogP) is 11.1. The van der Waals surface area contributed by atoms with E-state index in [0.29, 0.717) is 25.7 Å². The van der Waals surface area contributed by atoms with E-state index in [1.807, 2.05) is 0 Å². The van der Waals surface area contributed by atoms with Crippen LogP contribution in [0, 0.1) is 17.8 Å². The molecule has 0 amide bonds. The van der Waals surface area contributed by atoms with Gasteiger partial charge in [0.2, 0.25) is 0 Å². The Balaban J connectivity index is -0.000000309. The van der Waals surface area contributed by atoms with Gasteiger partial charge in [0.25, 0.3) is 0 Å². The van der Waals surface area contributed by atoms with Gasteiger partial charge in [-0.1, -0.05) is 151 Å². The molecule has 54 heavy (non-hydrogen) atoms. The Morgan fingerprint density at radius 1 is 0.370 bits per heavy atom. The monoisotopic (exact) mass is 773 g/mol. The van der Waals surface area contributed by atoms with Gasteiger partial charge in [0, 0.05) is 25.7 Å². The lowest BCUT2D eigenvalue weighted by Gasteiger charge is -2.10. The SMILES string of the molecule is CC(=O)C[C@H](O)CCCCC(C)C.CC(=O)C[C@H](O)CCCCCC(C)C.CCCCCCC[C@@H](O)CC(C)=O.CC[C@H](C)CCCC[C@@H](O)CC(C)=O. The van der Waals surface area contributed by atoms with E-state index in [0.717, 1.165) is 75.5 Å². The van der Waals surface area contributed by atoms with Crippen molar-refractivity contribution in [1.29, 1.82) is 0 Å². The van der Waals surface area contributed by atoms with Gasteiger partial charge in [-0.3, -0.25) is 19.2 Å². The van der Waals surface area contributed by atoms with Crippen LogP contribution in [0.4, 0.5) is 0 Å². The van der Waals surface area contributed by atoms with E-state index in [1.54, 1.807) is 0 Å². The van der Waals surface area contributed by atoms with Gasteiger partial charge in [-0.15, -0.1) is 0 Å². The maximum absolute atomic E-state index is 10.7. The molecule has 0 saturated carbocycles. The number of aliphatic hydroxyl groups is 4. The molecule has 0 aromatic rings. The summed E-state index contributed by atoms with van der Waals surface area (Å²) < 4.78 is 0. The van der Waals surface area contributed by atoms with Crippen LogP contribution in [0.25, 0.3) is 0 Å². The average Bonchev–Trinajstić information content (AvgIpc) is 3.04. The van der Waals surface area contributed by atoms with Crippen LogP contribution in [0.1, 0.15) is 230 Å². The molecule has 0 aliphatic rings. The minimum absolute atomic E-state index is 0.0800. The summed E-state index contributed by atoms with van der Waals surface area (Å²) in [6, 6.07) is 0. The molecule has 0 radical (unpaired) electrons. The first kappa shape index (κ1) is 59.2. The Kier molecular flexibility index (Phi) is 46.8. The number of carbonyl (C=O) groups excluding carboxylic acids is 4. The van der Waals surface area contributed by atoms with Crippen LogP contribution in [0.2, 0.25) is 0 Å². The van der Waals surface area contributed by atoms with Crippen molar-refractivity contribution in [3.8, 4) is 0 Å². The van der Waals surface area contributed by atoms with Crippen LogP contribution in [0.3, 0.4) is 0 Å². The molecule has 0 aromatic heterocycles. The highest BCUT2D eigenvalue weighted by molar-refractivity contribution is 5.76. The number of aliphatic hydroxyl groups excluding tert-OH is 4. The summed E-state index contributed by atoms with van der Waals surface area (Å²) in [5, 5.41) is 37.5. The van der Waals surface area contributed by atoms with Crippen LogP contribution < -0.4 is 0 Å². The fraction of sp³-hybridized carbons (Fsp3) is 0.913. The summed E-state index contributed by atoms with van der Waals surface area (Å²) in [5.74, 6) is 2.64. The fourth-order valence-corrected chi connectivity index (χ4v) is 5.84. The van der Waals surface area contributed by atoms with Crippen LogP contribution in [0.5, 0.6) is 0 Å². The van der Waals surface area contributed by atoms with E-state index in [9.17, 15) is 39.6 Å². The van der Waals surface area contributed by atoms with Gasteiger partial charge >= 0.3 is 0 Å². The lowest BCUT2D eigenvalue weighted by atomic mass is 9.99. The molecule has 4 N–H and O–H groups in total. The van der Waals surface area contributed by atoms with Crippen molar-refractivity contribution in [2.24, 2.45) is 17.8 Å². The molecule has 0 aliphatic carbocycles. The number of unbranched alkanes of at least 4 members (excludes halogenated alkanes) is 8. The van der Waals surface area contributed by atoms with E-state index in [-0.39, 0.29) is 23.1 Å². The minimum atomic E-state index is -0.413. The average molecular weight is 773 g/mol. The minimum Gasteiger partial charge on any atom is -0.393 e. The molecule has 5 atom stereocenters. The lowest BCUT2D eigenvalue weighted by Crippen LogP contribution is -2.11. The zero-order chi connectivity index (χ0) is 42.3. The second-order valence-electron chi connectivity index (χ2n) is 17.0. The van der Waals surface area contributed by atoms with Crippen molar-refractivity contribution in [2.75, 3.05) is 0 Å². The molecular weight excluding hydrogens is 680 g/mol. The number of rotatable bonds is 31. The van der Waals surface area contributed by atoms with E-state index >= 15 is 0 Å². The number of hydrogen-bond acceptors (Lipinski definition) is 8. The van der Waals surface area contributed by atoms with Gasteiger partial charge in [0.15, 0.2) is 0 Å². The summed E-state index contributed by atoms with van der Waals surface area (Å²) in [5.41, 5.74) is 0. The van der Waals surface area contributed by atoms with Gasteiger partial charge in [-0.05, 0) is 71.1 Å². The van der Waals surface area contributed by atoms with E-state index in [1.165, 1.54) is 98.3 Å². The molecule has 0 heterocycles. The van der Waals surface area contributed by atoms with Crippen molar-refractivity contribution in [2.45, 2.75) is 255 Å². The van der Waals surface area contributed by atoms with Crippen molar-refractivity contribution in [3.05, 3.63) is 0 Å². The maximum Gasteiger partial charge on any atom is 0.132 e. The highest BCUT2D eigenvalue weighted by Gasteiger charge is 2.09. The van der Waals surface area contributed by atoms with Crippen molar-refractivity contribution < 1.29 is 39.6 Å². The molecule has 0 fully saturated rings. The van der Waals surface area contributed by atoms with Crippen LogP contribution in [-0.4, -0.2) is 68.0 Å². The maximum atomic E-state index is 10.7. The van der Waals surface area contributed by atoms with Crippen LogP contribution in [0.15, 0.2) is 0 Å². The third kappa shape index (κ3) is 59.8. The molecule has 0 saturated heterocycles. The summed E-state index contributed by atoms with van der Waals surface area (Å²) >= 11 is 0. The fourth-order valence-electron chi connectivity index (χ4n) is 5.84. The summed E-state index contributed by atoms with van der Waals surface area (Å²) in [6.07, 6.45) is 21.6.